The lowest BCUT2D eigenvalue weighted by Crippen LogP contribution is -2.33. The second kappa shape index (κ2) is 9.92. The molecule has 2 N–H and O–H groups in total. The van der Waals surface area contributed by atoms with Gasteiger partial charge in [-0.15, -0.1) is 0 Å². The number of carbonyl (C=O) groups is 2. The van der Waals surface area contributed by atoms with Crippen molar-refractivity contribution in [3.05, 3.63) is 54.4 Å². The van der Waals surface area contributed by atoms with Gasteiger partial charge in [-0.3, -0.25) is 14.6 Å². The number of pyridine rings is 1. The number of rotatable bonds is 9. The molecule has 0 radical (unpaired) electrons. The maximum Gasteiger partial charge on any atom is 0.229 e. The Morgan fingerprint density at radius 1 is 1.00 bits per heavy atom. The molecule has 132 valence electrons. The molecule has 2 amide bonds. The molecular formula is C18H21N3O4. The molecule has 25 heavy (non-hydrogen) atoms. The van der Waals surface area contributed by atoms with Crippen LogP contribution in [0.4, 0.5) is 0 Å². The fraction of sp³-hybridized carbons (Fsp3) is 0.278. The summed E-state index contributed by atoms with van der Waals surface area (Å²) in [5.74, 6) is 0.733. The summed E-state index contributed by atoms with van der Waals surface area (Å²) < 4.78 is 10.5. The molecule has 1 aromatic carbocycles. The Hall–Kier alpha value is -3.09. The van der Waals surface area contributed by atoms with E-state index in [1.54, 1.807) is 49.7 Å². The average molecular weight is 343 g/mol. The van der Waals surface area contributed by atoms with Gasteiger partial charge in [0.05, 0.1) is 25.9 Å². The predicted octanol–water partition coefficient (Wildman–Crippen LogP) is 1.29. The first-order valence-electron chi connectivity index (χ1n) is 7.87. The second-order valence-corrected chi connectivity index (χ2v) is 5.15. The lowest BCUT2D eigenvalue weighted by Gasteiger charge is -2.08. The van der Waals surface area contributed by atoms with Gasteiger partial charge >= 0.3 is 0 Å². The summed E-state index contributed by atoms with van der Waals surface area (Å²) in [6.45, 7) is 0.930. The summed E-state index contributed by atoms with van der Waals surface area (Å²) >= 11 is 0. The Morgan fingerprint density at radius 3 is 2.40 bits per heavy atom. The highest BCUT2D eigenvalue weighted by Crippen LogP contribution is 2.16. The lowest BCUT2D eigenvalue weighted by atomic mass is 10.3. The van der Waals surface area contributed by atoms with Gasteiger partial charge in [0.25, 0.3) is 0 Å². The van der Waals surface area contributed by atoms with Crippen LogP contribution in [-0.2, 0) is 16.1 Å². The van der Waals surface area contributed by atoms with Crippen molar-refractivity contribution in [3.63, 3.8) is 0 Å². The number of amides is 2. The standard InChI is InChI=1S/C18H21N3O4/c1-24-15-5-7-16(8-6-15)25-11-10-20-17(22)12-18(23)21-13-14-4-2-3-9-19-14/h2-9H,10-13H2,1H3,(H,20,22)(H,21,23). The minimum Gasteiger partial charge on any atom is -0.497 e. The number of hydrogen-bond acceptors (Lipinski definition) is 5. The Labute approximate surface area is 146 Å². The van der Waals surface area contributed by atoms with Gasteiger partial charge in [-0.2, -0.15) is 0 Å². The minimum absolute atomic E-state index is 0.227. The van der Waals surface area contributed by atoms with Gasteiger partial charge in [0, 0.05) is 6.20 Å². The van der Waals surface area contributed by atoms with Crippen molar-refractivity contribution in [3.8, 4) is 11.5 Å². The van der Waals surface area contributed by atoms with Crippen LogP contribution < -0.4 is 20.1 Å². The molecule has 2 aromatic rings. The molecule has 0 saturated carbocycles. The molecule has 0 atom stereocenters. The number of methoxy groups -OCH3 is 1. The number of carbonyl (C=O) groups excluding carboxylic acids is 2. The summed E-state index contributed by atoms with van der Waals surface area (Å²) in [4.78, 5) is 27.5. The number of ether oxygens (including phenoxy) is 2. The molecule has 0 aliphatic rings. The van der Waals surface area contributed by atoms with E-state index in [0.717, 1.165) is 11.4 Å². The maximum atomic E-state index is 11.7. The van der Waals surface area contributed by atoms with Crippen LogP contribution in [-0.4, -0.2) is 37.1 Å². The van der Waals surface area contributed by atoms with Crippen LogP contribution in [0.25, 0.3) is 0 Å². The zero-order valence-corrected chi connectivity index (χ0v) is 14.0. The molecule has 1 aromatic heterocycles. The van der Waals surface area contributed by atoms with Crippen molar-refractivity contribution in [1.29, 1.82) is 0 Å². The number of benzene rings is 1. The topological polar surface area (TPSA) is 89.5 Å². The van der Waals surface area contributed by atoms with E-state index >= 15 is 0 Å². The predicted molar refractivity (Wildman–Crippen MR) is 92.2 cm³/mol. The van der Waals surface area contributed by atoms with E-state index in [9.17, 15) is 9.59 Å². The highest BCUT2D eigenvalue weighted by Gasteiger charge is 2.08. The van der Waals surface area contributed by atoms with E-state index < -0.39 is 0 Å². The molecule has 7 nitrogen and oxygen atoms in total. The van der Waals surface area contributed by atoms with Gasteiger partial charge in [-0.1, -0.05) is 6.07 Å². The number of hydrogen-bond donors (Lipinski definition) is 2. The summed E-state index contributed by atoms with van der Waals surface area (Å²) in [6, 6.07) is 12.6. The summed E-state index contributed by atoms with van der Waals surface area (Å²) in [6.07, 6.45) is 1.42. The van der Waals surface area contributed by atoms with Crippen LogP contribution in [0.15, 0.2) is 48.7 Å². The van der Waals surface area contributed by atoms with Gasteiger partial charge in [0.15, 0.2) is 0 Å². The Bertz CT molecular complexity index is 674. The maximum absolute atomic E-state index is 11.7. The van der Waals surface area contributed by atoms with Gasteiger partial charge < -0.3 is 20.1 Å². The van der Waals surface area contributed by atoms with E-state index in [4.69, 9.17) is 9.47 Å². The fourth-order valence-electron chi connectivity index (χ4n) is 1.99. The zero-order valence-electron chi connectivity index (χ0n) is 14.0. The zero-order chi connectivity index (χ0) is 17.9. The monoisotopic (exact) mass is 343 g/mol. The van der Waals surface area contributed by atoms with Crippen LogP contribution in [0.5, 0.6) is 11.5 Å². The molecule has 0 spiro atoms. The third-order valence-electron chi connectivity index (χ3n) is 3.27. The van der Waals surface area contributed by atoms with E-state index in [1.807, 2.05) is 6.07 Å². The lowest BCUT2D eigenvalue weighted by molar-refractivity contribution is -0.129. The van der Waals surface area contributed by atoms with Gasteiger partial charge in [-0.25, -0.2) is 0 Å². The van der Waals surface area contributed by atoms with E-state index in [-0.39, 0.29) is 18.2 Å². The quantitative estimate of drug-likeness (QED) is 0.529. The first-order valence-corrected chi connectivity index (χ1v) is 7.87. The second-order valence-electron chi connectivity index (χ2n) is 5.15. The minimum atomic E-state index is -0.350. The molecule has 0 aliphatic carbocycles. The summed E-state index contributed by atoms with van der Waals surface area (Å²) in [5, 5.41) is 5.29. The third-order valence-corrected chi connectivity index (χ3v) is 3.27. The normalized spacial score (nSPS) is 9.96. The van der Waals surface area contributed by atoms with Gasteiger partial charge in [0.1, 0.15) is 24.5 Å². The summed E-state index contributed by atoms with van der Waals surface area (Å²) in [5.41, 5.74) is 0.740. The number of aromatic nitrogens is 1. The molecule has 7 heteroatoms. The van der Waals surface area contributed by atoms with Gasteiger partial charge in [-0.05, 0) is 36.4 Å². The van der Waals surface area contributed by atoms with Crippen LogP contribution >= 0.6 is 0 Å². The van der Waals surface area contributed by atoms with Gasteiger partial charge in [0.2, 0.25) is 11.8 Å². The molecule has 0 saturated heterocycles. The smallest absolute Gasteiger partial charge is 0.229 e. The van der Waals surface area contributed by atoms with E-state index in [0.29, 0.717) is 25.4 Å². The van der Waals surface area contributed by atoms with E-state index in [1.165, 1.54) is 0 Å². The molecule has 2 rings (SSSR count). The summed E-state index contributed by atoms with van der Waals surface area (Å²) in [7, 11) is 1.60. The first-order chi connectivity index (χ1) is 12.2. The average Bonchev–Trinajstić information content (AvgIpc) is 2.65. The van der Waals surface area contributed by atoms with Crippen LogP contribution in [0.2, 0.25) is 0 Å². The Morgan fingerprint density at radius 2 is 1.72 bits per heavy atom. The SMILES string of the molecule is COc1ccc(OCCNC(=O)CC(=O)NCc2ccccn2)cc1. The Kier molecular flexibility index (Phi) is 7.24. The largest absolute Gasteiger partial charge is 0.497 e. The molecular weight excluding hydrogens is 322 g/mol. The highest BCUT2D eigenvalue weighted by molar-refractivity contribution is 5.96. The fourth-order valence-corrected chi connectivity index (χ4v) is 1.99. The van der Waals surface area contributed by atoms with Crippen molar-refractivity contribution in [2.24, 2.45) is 0 Å². The van der Waals surface area contributed by atoms with E-state index in [2.05, 4.69) is 15.6 Å². The first kappa shape index (κ1) is 18.3. The molecule has 0 aliphatic heterocycles. The highest BCUT2D eigenvalue weighted by atomic mass is 16.5. The third kappa shape index (κ3) is 6.90. The van der Waals surface area contributed by atoms with Crippen molar-refractivity contribution < 1.29 is 19.1 Å². The molecule has 0 bridgehead atoms. The Balaban J connectivity index is 1.59. The van der Waals surface area contributed by atoms with Crippen LogP contribution in [0.3, 0.4) is 0 Å². The number of nitrogens with zero attached hydrogens (tertiary/aromatic N) is 1. The van der Waals surface area contributed by atoms with Crippen LogP contribution in [0, 0.1) is 0 Å². The van der Waals surface area contributed by atoms with Crippen molar-refractivity contribution in [2.75, 3.05) is 20.3 Å². The van der Waals surface area contributed by atoms with Crippen molar-refractivity contribution >= 4 is 11.8 Å². The molecule has 1 heterocycles. The van der Waals surface area contributed by atoms with Crippen molar-refractivity contribution in [1.82, 2.24) is 15.6 Å². The number of nitrogens with one attached hydrogen (secondary N) is 2. The molecule has 0 fully saturated rings. The van der Waals surface area contributed by atoms with Crippen molar-refractivity contribution in [2.45, 2.75) is 13.0 Å². The molecule has 0 unspecified atom stereocenters. The van der Waals surface area contributed by atoms with Crippen LogP contribution in [0.1, 0.15) is 12.1 Å².